The monoisotopic (exact) mass is 410 g/mol. The fourth-order valence-electron chi connectivity index (χ4n) is 2.17. The van der Waals surface area contributed by atoms with Crippen LogP contribution in [0.5, 0.6) is 0 Å². The van der Waals surface area contributed by atoms with Crippen LogP contribution >= 0.6 is 11.6 Å². The minimum atomic E-state index is -3.87. The highest BCUT2D eigenvalue weighted by Crippen LogP contribution is 2.20. The summed E-state index contributed by atoms with van der Waals surface area (Å²) in [7, 11) is -3.87. The number of carbonyl (C=O) groups is 2. The van der Waals surface area contributed by atoms with Gasteiger partial charge in [0.2, 0.25) is 10.0 Å². The number of rotatable bonds is 7. The van der Waals surface area contributed by atoms with Crippen molar-refractivity contribution in [2.24, 2.45) is 0 Å². The molecule has 2 aromatic rings. The van der Waals surface area contributed by atoms with E-state index in [2.05, 4.69) is 10.0 Å². The van der Waals surface area contributed by atoms with Gasteiger partial charge in [0, 0.05) is 0 Å². The van der Waals surface area contributed by atoms with Crippen LogP contribution < -0.4 is 10.0 Å². The Morgan fingerprint density at radius 3 is 2.52 bits per heavy atom. The highest BCUT2D eigenvalue weighted by atomic mass is 35.5. The predicted molar refractivity (Wildman–Crippen MR) is 102 cm³/mol. The summed E-state index contributed by atoms with van der Waals surface area (Å²) in [6, 6.07) is 11.6. The second kappa shape index (κ2) is 8.98. The molecule has 0 fully saturated rings. The lowest BCUT2D eigenvalue weighted by atomic mass is 10.2. The lowest BCUT2D eigenvalue weighted by molar-refractivity contribution is -0.146. The van der Waals surface area contributed by atoms with Crippen molar-refractivity contribution in [3.63, 3.8) is 0 Å². The number of nitrogens with one attached hydrogen (secondary N) is 2. The molecule has 0 saturated heterocycles. The molecule has 0 aliphatic carbocycles. The van der Waals surface area contributed by atoms with E-state index in [0.717, 1.165) is 5.56 Å². The van der Waals surface area contributed by atoms with E-state index in [1.807, 2.05) is 0 Å². The van der Waals surface area contributed by atoms with Gasteiger partial charge in [-0.2, -0.15) is 4.72 Å². The van der Waals surface area contributed by atoms with E-state index < -0.39 is 35.1 Å². The quantitative estimate of drug-likeness (QED) is 0.682. The van der Waals surface area contributed by atoms with Crippen LogP contribution in [0, 0.1) is 13.8 Å². The molecule has 7 nitrogen and oxygen atoms in total. The van der Waals surface area contributed by atoms with Gasteiger partial charge in [-0.1, -0.05) is 35.9 Å². The first-order valence-corrected chi connectivity index (χ1v) is 9.82. The summed E-state index contributed by atoms with van der Waals surface area (Å²) < 4.78 is 31.6. The average molecular weight is 411 g/mol. The molecule has 144 valence electrons. The number of esters is 1. The first-order valence-electron chi connectivity index (χ1n) is 7.96. The molecule has 9 heteroatoms. The molecule has 0 spiro atoms. The van der Waals surface area contributed by atoms with Gasteiger partial charge in [0.25, 0.3) is 5.91 Å². The van der Waals surface area contributed by atoms with Crippen LogP contribution in [0.15, 0.2) is 47.4 Å². The summed E-state index contributed by atoms with van der Waals surface area (Å²) in [6.07, 6.45) is 0. The van der Waals surface area contributed by atoms with E-state index >= 15 is 0 Å². The Morgan fingerprint density at radius 2 is 1.81 bits per heavy atom. The maximum absolute atomic E-state index is 12.3. The van der Waals surface area contributed by atoms with E-state index in [4.69, 9.17) is 16.3 Å². The fraction of sp³-hybridized carbons (Fsp3) is 0.222. The van der Waals surface area contributed by atoms with Gasteiger partial charge >= 0.3 is 5.97 Å². The van der Waals surface area contributed by atoms with Gasteiger partial charge < -0.3 is 10.1 Å². The molecule has 0 aliphatic rings. The lowest BCUT2D eigenvalue weighted by Gasteiger charge is -2.10. The zero-order chi connectivity index (χ0) is 20.0. The van der Waals surface area contributed by atoms with Gasteiger partial charge in [-0.05, 0) is 43.2 Å². The van der Waals surface area contributed by atoms with Crippen molar-refractivity contribution in [2.45, 2.75) is 18.7 Å². The SMILES string of the molecule is Cc1ccc(C)c(S(=O)(=O)NCC(=O)OCC(=O)Nc2ccccc2Cl)c1. The van der Waals surface area contributed by atoms with Crippen molar-refractivity contribution < 1.29 is 22.7 Å². The van der Waals surface area contributed by atoms with E-state index in [9.17, 15) is 18.0 Å². The van der Waals surface area contributed by atoms with Crippen LogP contribution in [0.1, 0.15) is 11.1 Å². The summed E-state index contributed by atoms with van der Waals surface area (Å²) in [5.41, 5.74) is 1.72. The van der Waals surface area contributed by atoms with Crippen LogP contribution in [-0.2, 0) is 24.3 Å². The number of amides is 1. The molecule has 2 aromatic carbocycles. The summed E-state index contributed by atoms with van der Waals surface area (Å²) in [5.74, 6) is -1.47. The van der Waals surface area contributed by atoms with Crippen LogP contribution in [-0.4, -0.2) is 33.4 Å². The highest BCUT2D eigenvalue weighted by molar-refractivity contribution is 7.89. The van der Waals surface area contributed by atoms with Crippen LogP contribution in [0.2, 0.25) is 5.02 Å². The number of anilines is 1. The van der Waals surface area contributed by atoms with Gasteiger partial charge in [-0.25, -0.2) is 8.42 Å². The highest BCUT2D eigenvalue weighted by Gasteiger charge is 2.19. The minimum Gasteiger partial charge on any atom is -0.455 e. The van der Waals surface area contributed by atoms with Crippen LogP contribution in [0.4, 0.5) is 5.69 Å². The third-order valence-electron chi connectivity index (χ3n) is 3.55. The predicted octanol–water partition coefficient (Wildman–Crippen LogP) is 2.42. The number of aryl methyl sites for hydroxylation is 2. The van der Waals surface area contributed by atoms with Crippen molar-refractivity contribution in [1.29, 1.82) is 0 Å². The van der Waals surface area contributed by atoms with Crippen molar-refractivity contribution in [3.8, 4) is 0 Å². The average Bonchev–Trinajstić information content (AvgIpc) is 2.62. The minimum absolute atomic E-state index is 0.0896. The molecule has 27 heavy (non-hydrogen) atoms. The molecule has 0 bridgehead atoms. The molecule has 1 amide bonds. The zero-order valence-corrected chi connectivity index (χ0v) is 16.4. The molecular formula is C18H19ClN2O5S. The lowest BCUT2D eigenvalue weighted by Crippen LogP contribution is -2.32. The Morgan fingerprint density at radius 1 is 1.11 bits per heavy atom. The third kappa shape index (κ3) is 6.06. The second-order valence-electron chi connectivity index (χ2n) is 5.78. The van der Waals surface area contributed by atoms with Gasteiger partial charge in [0.05, 0.1) is 15.6 Å². The molecule has 0 saturated carbocycles. The smallest absolute Gasteiger partial charge is 0.321 e. The first-order chi connectivity index (χ1) is 12.7. The molecule has 2 N–H and O–H groups in total. The molecule has 0 heterocycles. The molecule has 0 radical (unpaired) electrons. The van der Waals surface area contributed by atoms with E-state index in [1.165, 1.54) is 6.07 Å². The summed E-state index contributed by atoms with van der Waals surface area (Å²) in [6.45, 7) is 2.28. The number of sulfonamides is 1. The number of ether oxygens (including phenoxy) is 1. The topological polar surface area (TPSA) is 102 Å². The molecule has 0 aromatic heterocycles. The normalized spacial score (nSPS) is 11.1. The fourth-order valence-corrected chi connectivity index (χ4v) is 3.65. The van der Waals surface area contributed by atoms with Gasteiger partial charge in [-0.3, -0.25) is 9.59 Å². The standard InChI is InChI=1S/C18H19ClN2O5S/c1-12-7-8-13(2)16(9-12)27(24,25)20-10-18(23)26-11-17(22)21-15-6-4-3-5-14(15)19/h3-9,20H,10-11H2,1-2H3,(H,21,22). The summed E-state index contributed by atoms with van der Waals surface area (Å²) >= 11 is 5.91. The van der Waals surface area contributed by atoms with E-state index in [0.29, 0.717) is 16.3 Å². The molecule has 2 rings (SSSR count). The van der Waals surface area contributed by atoms with Crippen molar-refractivity contribution in [3.05, 3.63) is 58.6 Å². The first kappa shape index (κ1) is 20.9. The molecule has 0 aliphatic heterocycles. The van der Waals surface area contributed by atoms with Crippen molar-refractivity contribution >= 4 is 39.2 Å². The molecule has 0 unspecified atom stereocenters. The molecule has 0 atom stereocenters. The number of benzene rings is 2. The van der Waals surface area contributed by atoms with Crippen LogP contribution in [0.3, 0.4) is 0 Å². The Balaban J connectivity index is 1.86. The Bertz CT molecular complexity index is 960. The van der Waals surface area contributed by atoms with Crippen molar-refractivity contribution in [2.75, 3.05) is 18.5 Å². The number of para-hydroxylation sites is 1. The number of halogens is 1. The van der Waals surface area contributed by atoms with E-state index in [1.54, 1.807) is 50.2 Å². The second-order valence-corrected chi connectivity index (χ2v) is 7.92. The Kier molecular flexibility index (Phi) is 6.95. The Labute approximate surface area is 162 Å². The molecular weight excluding hydrogens is 392 g/mol. The Hall–Kier alpha value is -2.42. The van der Waals surface area contributed by atoms with Gasteiger partial charge in [0.15, 0.2) is 6.61 Å². The summed E-state index contributed by atoms with van der Waals surface area (Å²) in [5, 5.41) is 2.84. The maximum Gasteiger partial charge on any atom is 0.321 e. The zero-order valence-electron chi connectivity index (χ0n) is 14.8. The van der Waals surface area contributed by atoms with Crippen LogP contribution in [0.25, 0.3) is 0 Å². The van der Waals surface area contributed by atoms with Crippen molar-refractivity contribution in [1.82, 2.24) is 4.72 Å². The van der Waals surface area contributed by atoms with Gasteiger partial charge in [0.1, 0.15) is 6.54 Å². The summed E-state index contributed by atoms with van der Waals surface area (Å²) in [4.78, 5) is 23.6. The largest absolute Gasteiger partial charge is 0.455 e. The number of carbonyl (C=O) groups excluding carboxylic acids is 2. The maximum atomic E-state index is 12.3. The number of hydrogen-bond acceptors (Lipinski definition) is 5. The van der Waals surface area contributed by atoms with E-state index in [-0.39, 0.29) is 4.90 Å². The number of hydrogen-bond donors (Lipinski definition) is 2. The van der Waals surface area contributed by atoms with Gasteiger partial charge in [-0.15, -0.1) is 0 Å². The third-order valence-corrected chi connectivity index (χ3v) is 5.42.